The zero-order valence-electron chi connectivity index (χ0n) is 12.3. The lowest BCUT2D eigenvalue weighted by molar-refractivity contribution is -0.137. The van der Waals surface area contributed by atoms with Gasteiger partial charge in [0.1, 0.15) is 0 Å². The van der Waals surface area contributed by atoms with E-state index in [1.54, 1.807) is 0 Å². The number of nitrogens with two attached hydrogens (primary N) is 1. The second-order valence-corrected chi connectivity index (χ2v) is 5.97. The van der Waals surface area contributed by atoms with E-state index in [2.05, 4.69) is 5.32 Å². The van der Waals surface area contributed by atoms with E-state index in [1.807, 2.05) is 0 Å². The summed E-state index contributed by atoms with van der Waals surface area (Å²) < 4.78 is 37.4. The summed E-state index contributed by atoms with van der Waals surface area (Å²) in [6.45, 7) is 0.590. The summed E-state index contributed by atoms with van der Waals surface area (Å²) >= 11 is 0. The van der Waals surface area contributed by atoms with Gasteiger partial charge in [-0.3, -0.25) is 4.79 Å². The van der Waals surface area contributed by atoms with Crippen LogP contribution >= 0.6 is 0 Å². The van der Waals surface area contributed by atoms with E-state index >= 15 is 0 Å². The second kappa shape index (κ2) is 7.13. The lowest BCUT2D eigenvalue weighted by Crippen LogP contribution is -2.36. The van der Waals surface area contributed by atoms with Crippen molar-refractivity contribution in [1.82, 2.24) is 5.32 Å². The van der Waals surface area contributed by atoms with E-state index in [9.17, 15) is 18.0 Å². The number of rotatable bonds is 4. The Morgan fingerprint density at radius 3 is 2.50 bits per heavy atom. The van der Waals surface area contributed by atoms with Crippen LogP contribution in [0.25, 0.3) is 0 Å². The Hall–Kier alpha value is -1.56. The summed E-state index contributed by atoms with van der Waals surface area (Å²) in [6, 6.07) is 4.91. The van der Waals surface area contributed by atoms with E-state index in [4.69, 9.17) is 5.73 Å². The van der Waals surface area contributed by atoms with Crippen LogP contribution in [-0.4, -0.2) is 18.5 Å². The Morgan fingerprint density at radius 1 is 1.23 bits per heavy atom. The Bertz CT molecular complexity index is 499. The second-order valence-electron chi connectivity index (χ2n) is 5.97. The maximum atomic E-state index is 12.5. The molecular formula is C16H21F3N2O. The third-order valence-corrected chi connectivity index (χ3v) is 4.06. The minimum atomic E-state index is -4.35. The number of hydrogen-bond acceptors (Lipinski definition) is 2. The number of carbonyl (C=O) groups excluding carboxylic acids is 1. The van der Waals surface area contributed by atoms with Crippen molar-refractivity contribution < 1.29 is 18.0 Å². The number of alkyl halides is 3. The van der Waals surface area contributed by atoms with E-state index in [-0.39, 0.29) is 18.4 Å². The predicted octanol–water partition coefficient (Wildman–Crippen LogP) is 2.88. The van der Waals surface area contributed by atoms with Crippen molar-refractivity contribution in [3.63, 3.8) is 0 Å². The Morgan fingerprint density at radius 2 is 1.91 bits per heavy atom. The fourth-order valence-electron chi connectivity index (χ4n) is 2.84. The first kappa shape index (κ1) is 16.8. The largest absolute Gasteiger partial charge is 0.416 e. The van der Waals surface area contributed by atoms with Crippen LogP contribution in [0, 0.1) is 5.92 Å². The van der Waals surface area contributed by atoms with Crippen molar-refractivity contribution in [2.45, 2.75) is 44.3 Å². The van der Waals surface area contributed by atoms with Crippen LogP contribution < -0.4 is 11.1 Å². The summed E-state index contributed by atoms with van der Waals surface area (Å²) in [5.74, 6) is 0.235. The average Bonchev–Trinajstić information content (AvgIpc) is 2.45. The standard InChI is InChI=1S/C16H21F3N2O/c17-16(18,19)13-6-4-11(5-7-13)9-15(22)21-10-12-2-1-3-14(20)8-12/h4-7,12,14H,1-3,8-10,20H2,(H,21,22). The third kappa shape index (κ3) is 5.02. The molecule has 0 aliphatic heterocycles. The first-order valence-corrected chi connectivity index (χ1v) is 7.53. The molecule has 3 N–H and O–H groups in total. The van der Waals surface area contributed by atoms with Crippen LogP contribution in [0.1, 0.15) is 36.8 Å². The number of carbonyl (C=O) groups is 1. The van der Waals surface area contributed by atoms with E-state index in [0.29, 0.717) is 18.0 Å². The van der Waals surface area contributed by atoms with Gasteiger partial charge in [-0.15, -0.1) is 0 Å². The fourth-order valence-corrected chi connectivity index (χ4v) is 2.84. The molecule has 0 bridgehead atoms. The minimum absolute atomic E-state index is 0.0942. The molecule has 6 heteroatoms. The first-order valence-electron chi connectivity index (χ1n) is 7.53. The minimum Gasteiger partial charge on any atom is -0.356 e. The Balaban J connectivity index is 1.79. The van der Waals surface area contributed by atoms with Gasteiger partial charge in [0, 0.05) is 12.6 Å². The smallest absolute Gasteiger partial charge is 0.356 e. The van der Waals surface area contributed by atoms with Gasteiger partial charge in [-0.2, -0.15) is 13.2 Å². The zero-order valence-corrected chi connectivity index (χ0v) is 12.3. The maximum absolute atomic E-state index is 12.5. The van der Waals surface area contributed by atoms with E-state index < -0.39 is 11.7 Å². The van der Waals surface area contributed by atoms with Crippen molar-refractivity contribution in [2.75, 3.05) is 6.54 Å². The molecule has 0 aromatic heterocycles. The highest BCUT2D eigenvalue weighted by Crippen LogP contribution is 2.29. The van der Waals surface area contributed by atoms with Gasteiger partial charge in [-0.25, -0.2) is 0 Å². The van der Waals surface area contributed by atoms with Gasteiger partial charge in [0.25, 0.3) is 0 Å². The molecule has 1 amide bonds. The molecule has 0 heterocycles. The highest BCUT2D eigenvalue weighted by Gasteiger charge is 2.30. The normalized spacial score (nSPS) is 22.4. The third-order valence-electron chi connectivity index (χ3n) is 4.06. The number of hydrogen-bond donors (Lipinski definition) is 2. The molecule has 22 heavy (non-hydrogen) atoms. The number of benzene rings is 1. The van der Waals surface area contributed by atoms with Gasteiger partial charge in [0.05, 0.1) is 12.0 Å². The van der Waals surface area contributed by atoms with Gasteiger partial charge in [-0.05, 0) is 42.9 Å². The van der Waals surface area contributed by atoms with Gasteiger partial charge in [0.2, 0.25) is 5.91 Å². The molecule has 0 radical (unpaired) electrons. The SMILES string of the molecule is NC1CCCC(CNC(=O)Cc2ccc(C(F)(F)F)cc2)C1. The highest BCUT2D eigenvalue weighted by molar-refractivity contribution is 5.78. The molecule has 2 rings (SSSR count). The van der Waals surface area contributed by atoms with Gasteiger partial charge in [-0.1, -0.05) is 18.6 Å². The van der Waals surface area contributed by atoms with Crippen LogP contribution in [0.5, 0.6) is 0 Å². The molecule has 1 fully saturated rings. The molecule has 1 aromatic rings. The van der Waals surface area contributed by atoms with Gasteiger partial charge < -0.3 is 11.1 Å². The lowest BCUT2D eigenvalue weighted by Gasteiger charge is -2.26. The molecule has 1 aliphatic rings. The van der Waals surface area contributed by atoms with Gasteiger partial charge >= 0.3 is 6.18 Å². The zero-order chi connectivity index (χ0) is 16.2. The molecule has 1 aliphatic carbocycles. The Kier molecular flexibility index (Phi) is 5.45. The average molecular weight is 314 g/mol. The van der Waals surface area contributed by atoms with Gasteiger partial charge in [0.15, 0.2) is 0 Å². The molecule has 3 nitrogen and oxygen atoms in total. The van der Waals surface area contributed by atoms with Crippen LogP contribution in [-0.2, 0) is 17.4 Å². The molecule has 2 atom stereocenters. The van der Waals surface area contributed by atoms with Crippen LogP contribution in [0.4, 0.5) is 13.2 Å². The summed E-state index contributed by atoms with van der Waals surface area (Å²) in [4.78, 5) is 11.9. The summed E-state index contributed by atoms with van der Waals surface area (Å²) in [7, 11) is 0. The van der Waals surface area contributed by atoms with E-state index in [1.165, 1.54) is 12.1 Å². The summed E-state index contributed by atoms with van der Waals surface area (Å²) in [5, 5.41) is 2.85. The topological polar surface area (TPSA) is 55.1 Å². The first-order chi connectivity index (χ1) is 10.3. The van der Waals surface area contributed by atoms with Crippen molar-refractivity contribution in [3.05, 3.63) is 35.4 Å². The molecule has 2 unspecified atom stereocenters. The van der Waals surface area contributed by atoms with Crippen molar-refractivity contribution in [2.24, 2.45) is 11.7 Å². The van der Waals surface area contributed by atoms with Crippen LogP contribution in [0.3, 0.4) is 0 Å². The predicted molar refractivity (Wildman–Crippen MR) is 78.1 cm³/mol. The van der Waals surface area contributed by atoms with Crippen LogP contribution in [0.2, 0.25) is 0 Å². The molecular weight excluding hydrogens is 293 g/mol. The number of halogens is 3. The molecule has 1 saturated carbocycles. The van der Waals surface area contributed by atoms with Crippen molar-refractivity contribution in [1.29, 1.82) is 0 Å². The van der Waals surface area contributed by atoms with Crippen LogP contribution in [0.15, 0.2) is 24.3 Å². The number of nitrogens with one attached hydrogen (secondary N) is 1. The fraction of sp³-hybridized carbons (Fsp3) is 0.562. The molecule has 122 valence electrons. The quantitative estimate of drug-likeness (QED) is 0.898. The lowest BCUT2D eigenvalue weighted by atomic mass is 9.86. The van der Waals surface area contributed by atoms with Crippen molar-refractivity contribution in [3.8, 4) is 0 Å². The maximum Gasteiger partial charge on any atom is 0.416 e. The van der Waals surface area contributed by atoms with E-state index in [0.717, 1.165) is 37.8 Å². The summed E-state index contributed by atoms with van der Waals surface area (Å²) in [6.07, 6.45) is -0.150. The number of amides is 1. The molecule has 1 aromatic carbocycles. The Labute approximate surface area is 128 Å². The summed E-state index contributed by atoms with van der Waals surface area (Å²) in [5.41, 5.74) is 5.77. The molecule has 0 saturated heterocycles. The molecule has 0 spiro atoms. The monoisotopic (exact) mass is 314 g/mol. The van der Waals surface area contributed by atoms with Crippen molar-refractivity contribution >= 4 is 5.91 Å². The highest BCUT2D eigenvalue weighted by atomic mass is 19.4.